The predicted octanol–water partition coefficient (Wildman–Crippen LogP) is 2.12. The average molecular weight is 462 g/mol. The molecule has 3 aromatic rings. The number of alkyl halides is 1. The van der Waals surface area contributed by atoms with E-state index < -0.39 is 35.9 Å². The van der Waals surface area contributed by atoms with E-state index in [4.69, 9.17) is 4.74 Å². The number of carbonyl (C=O) groups is 1. The van der Waals surface area contributed by atoms with Gasteiger partial charge in [0.15, 0.2) is 11.3 Å². The number of aliphatic hydroxyl groups excluding tert-OH is 1. The fourth-order valence-corrected chi connectivity index (χ4v) is 4.40. The van der Waals surface area contributed by atoms with Crippen molar-refractivity contribution in [3.8, 4) is 0 Å². The fraction of sp³-hybridized carbons (Fsp3) is 0.429. The lowest BCUT2D eigenvalue weighted by molar-refractivity contribution is -0.0135. The molecule has 0 radical (unpaired) electrons. The summed E-state index contributed by atoms with van der Waals surface area (Å²) in [6.07, 6.45) is -0.547. The van der Waals surface area contributed by atoms with E-state index in [2.05, 4.69) is 25.5 Å². The molecular formula is C21H21F3N6O3. The first-order valence-corrected chi connectivity index (χ1v) is 10.5. The highest BCUT2D eigenvalue weighted by molar-refractivity contribution is 6.07. The molecule has 9 nitrogen and oxygen atoms in total. The molecule has 0 unspecified atom stereocenters. The van der Waals surface area contributed by atoms with Crippen molar-refractivity contribution in [1.29, 1.82) is 0 Å². The molecule has 12 heteroatoms. The van der Waals surface area contributed by atoms with E-state index in [9.17, 15) is 23.1 Å². The molecule has 4 heterocycles. The van der Waals surface area contributed by atoms with Gasteiger partial charge in [-0.25, -0.2) is 23.1 Å². The van der Waals surface area contributed by atoms with E-state index in [1.54, 1.807) is 0 Å². The largest absolute Gasteiger partial charge is 0.389 e. The highest BCUT2D eigenvalue weighted by Gasteiger charge is 2.40. The average Bonchev–Trinajstić information content (AvgIpc) is 3.41. The number of aromatic amines is 1. The summed E-state index contributed by atoms with van der Waals surface area (Å²) in [6.45, 7) is 0.325. The molecule has 3 N–H and O–H groups in total. The zero-order valence-electron chi connectivity index (χ0n) is 17.3. The minimum absolute atomic E-state index is 0.0782. The molecule has 33 heavy (non-hydrogen) atoms. The molecule has 2 aliphatic rings. The third-order valence-corrected chi connectivity index (χ3v) is 6.04. The van der Waals surface area contributed by atoms with Crippen molar-refractivity contribution in [3.63, 3.8) is 0 Å². The summed E-state index contributed by atoms with van der Waals surface area (Å²) in [5.41, 5.74) is 0.0932. The predicted molar refractivity (Wildman–Crippen MR) is 110 cm³/mol. The Morgan fingerprint density at radius 2 is 2.15 bits per heavy atom. The molecule has 1 amide bonds. The lowest BCUT2D eigenvalue weighted by Crippen LogP contribution is -2.42. The second-order valence-electron chi connectivity index (χ2n) is 8.17. The minimum atomic E-state index is -1.40. The van der Waals surface area contributed by atoms with Crippen LogP contribution in [-0.2, 0) is 4.74 Å². The normalized spacial score (nSPS) is 25.5. The number of rotatable bonds is 4. The number of carbonyl (C=O) groups excluding carboxylic acids is 1. The summed E-state index contributed by atoms with van der Waals surface area (Å²) >= 11 is 0. The number of ether oxygens (including phenoxy) is 1. The monoisotopic (exact) mass is 462 g/mol. The number of aliphatic hydroxyl groups is 1. The molecule has 2 fully saturated rings. The second kappa shape index (κ2) is 8.60. The van der Waals surface area contributed by atoms with Gasteiger partial charge < -0.3 is 20.1 Å². The van der Waals surface area contributed by atoms with Crippen molar-refractivity contribution in [2.75, 3.05) is 25.1 Å². The van der Waals surface area contributed by atoms with Crippen molar-refractivity contribution in [2.45, 2.75) is 37.2 Å². The van der Waals surface area contributed by atoms with E-state index in [-0.39, 0.29) is 53.7 Å². The van der Waals surface area contributed by atoms with E-state index in [1.807, 2.05) is 0 Å². The number of likely N-dealkylation sites (tertiary alicyclic amines) is 1. The SMILES string of the molecule is O=C(c1n[nH]c2ncnc(N[C@@H]3CCOC[C@H]3O)c12)N1C[C@@H](F)C[C@@H]1c1cc(F)ccc1F. The van der Waals surface area contributed by atoms with E-state index in [0.717, 1.165) is 23.1 Å². The Labute approximate surface area is 186 Å². The van der Waals surface area contributed by atoms with Gasteiger partial charge in [-0.05, 0) is 24.6 Å². The van der Waals surface area contributed by atoms with Crippen molar-refractivity contribution >= 4 is 22.8 Å². The number of aromatic nitrogens is 4. The first kappa shape index (κ1) is 21.6. The van der Waals surface area contributed by atoms with E-state index >= 15 is 0 Å². The zero-order chi connectivity index (χ0) is 23.1. The van der Waals surface area contributed by atoms with Crippen LogP contribution in [0.4, 0.5) is 19.0 Å². The number of hydrogen-bond donors (Lipinski definition) is 3. The maximum absolute atomic E-state index is 14.4. The summed E-state index contributed by atoms with van der Waals surface area (Å²) in [6, 6.07) is 1.54. The van der Waals surface area contributed by atoms with Crippen LogP contribution in [0, 0.1) is 11.6 Å². The molecule has 0 bridgehead atoms. The molecule has 5 rings (SSSR count). The molecule has 174 valence electrons. The Bertz CT molecular complexity index is 1190. The van der Waals surface area contributed by atoms with Crippen molar-refractivity contribution < 1.29 is 27.8 Å². The number of hydrogen-bond acceptors (Lipinski definition) is 7. The summed E-state index contributed by atoms with van der Waals surface area (Å²) in [5, 5.41) is 20.3. The highest BCUT2D eigenvalue weighted by Crippen LogP contribution is 2.37. The van der Waals surface area contributed by atoms with Crippen LogP contribution in [-0.4, -0.2) is 74.2 Å². The molecule has 0 spiro atoms. The van der Waals surface area contributed by atoms with Crippen LogP contribution in [0.15, 0.2) is 24.5 Å². The van der Waals surface area contributed by atoms with Crippen molar-refractivity contribution in [1.82, 2.24) is 25.1 Å². The van der Waals surface area contributed by atoms with Crippen LogP contribution in [0.25, 0.3) is 11.0 Å². The van der Waals surface area contributed by atoms with Crippen LogP contribution < -0.4 is 5.32 Å². The number of nitrogens with one attached hydrogen (secondary N) is 2. The Kier molecular flexibility index (Phi) is 5.62. The molecule has 2 saturated heterocycles. The second-order valence-corrected chi connectivity index (χ2v) is 8.17. The lowest BCUT2D eigenvalue weighted by Gasteiger charge is -2.29. The van der Waals surface area contributed by atoms with Crippen molar-refractivity contribution in [2.24, 2.45) is 0 Å². The molecule has 0 aliphatic carbocycles. The minimum Gasteiger partial charge on any atom is -0.389 e. The van der Waals surface area contributed by atoms with Crippen LogP contribution in [0.5, 0.6) is 0 Å². The van der Waals surface area contributed by atoms with Gasteiger partial charge >= 0.3 is 0 Å². The van der Waals surface area contributed by atoms with Gasteiger partial charge in [-0.15, -0.1) is 0 Å². The van der Waals surface area contributed by atoms with Crippen LogP contribution in [0.1, 0.15) is 34.9 Å². The molecule has 2 aliphatic heterocycles. The molecular weight excluding hydrogens is 441 g/mol. The Hall–Kier alpha value is -3.25. The smallest absolute Gasteiger partial charge is 0.275 e. The Morgan fingerprint density at radius 3 is 2.97 bits per heavy atom. The molecule has 0 saturated carbocycles. The first-order valence-electron chi connectivity index (χ1n) is 10.5. The number of fused-ring (bicyclic) bond motifs is 1. The van der Waals surface area contributed by atoms with E-state index in [1.165, 1.54) is 6.33 Å². The molecule has 2 aromatic heterocycles. The van der Waals surface area contributed by atoms with Gasteiger partial charge in [0.1, 0.15) is 30.0 Å². The number of anilines is 1. The number of amides is 1. The summed E-state index contributed by atoms with van der Waals surface area (Å²) in [4.78, 5) is 22.9. The standard InChI is InChI=1S/C21H21F3N6O3/c22-10-1-2-13(24)12(5-10)15-6-11(23)7-30(15)21(32)18-17-19(25-9-26-20(17)29-28-18)27-14-3-4-33-8-16(14)31/h1-2,5,9,11,14-16,31H,3-4,6-8H2,(H2,25,26,27,28,29)/t11-,14+,15+,16+/m0/s1. The van der Waals surface area contributed by atoms with Gasteiger partial charge in [-0.3, -0.25) is 9.89 Å². The molecule has 1 aromatic carbocycles. The maximum atomic E-state index is 14.4. The summed E-state index contributed by atoms with van der Waals surface area (Å²) in [5.74, 6) is -1.80. The van der Waals surface area contributed by atoms with Gasteiger partial charge in [-0.1, -0.05) is 0 Å². The number of nitrogens with zero attached hydrogens (tertiary/aromatic N) is 4. The fourth-order valence-electron chi connectivity index (χ4n) is 4.40. The topological polar surface area (TPSA) is 116 Å². The number of benzene rings is 1. The lowest BCUT2D eigenvalue weighted by atomic mass is 10.0. The third kappa shape index (κ3) is 4.00. The van der Waals surface area contributed by atoms with Gasteiger partial charge in [-0.2, -0.15) is 5.10 Å². The van der Waals surface area contributed by atoms with Gasteiger partial charge in [0.05, 0.1) is 36.7 Å². The van der Waals surface area contributed by atoms with Gasteiger partial charge in [0.2, 0.25) is 0 Å². The van der Waals surface area contributed by atoms with Gasteiger partial charge in [0.25, 0.3) is 5.91 Å². The number of halogens is 3. The Balaban J connectivity index is 1.51. The molecule has 4 atom stereocenters. The van der Waals surface area contributed by atoms with Gasteiger partial charge in [0, 0.05) is 18.6 Å². The summed E-state index contributed by atoms with van der Waals surface area (Å²) < 4.78 is 47.8. The van der Waals surface area contributed by atoms with Crippen LogP contribution in [0.2, 0.25) is 0 Å². The third-order valence-electron chi connectivity index (χ3n) is 6.04. The zero-order valence-corrected chi connectivity index (χ0v) is 17.3. The highest BCUT2D eigenvalue weighted by atomic mass is 19.1. The van der Waals surface area contributed by atoms with Crippen LogP contribution in [0.3, 0.4) is 0 Å². The van der Waals surface area contributed by atoms with E-state index in [0.29, 0.717) is 13.0 Å². The number of H-pyrrole nitrogens is 1. The quantitative estimate of drug-likeness (QED) is 0.544. The first-order chi connectivity index (χ1) is 15.9. The summed E-state index contributed by atoms with van der Waals surface area (Å²) in [7, 11) is 0. The maximum Gasteiger partial charge on any atom is 0.275 e. The van der Waals surface area contributed by atoms with Crippen molar-refractivity contribution in [3.05, 3.63) is 47.4 Å². The Morgan fingerprint density at radius 1 is 1.30 bits per heavy atom. The van der Waals surface area contributed by atoms with Crippen LogP contribution >= 0.6 is 0 Å².